The van der Waals surface area contributed by atoms with Gasteiger partial charge in [0.1, 0.15) is 0 Å². The number of carbonyl (C=O) groups excluding carboxylic acids is 2. The molecule has 1 amide bonds. The number of hydrogen-bond donors (Lipinski definition) is 2. The fourth-order valence-electron chi connectivity index (χ4n) is 2.71. The number of halogens is 1. The van der Waals surface area contributed by atoms with Gasteiger partial charge in [0.15, 0.2) is 5.78 Å². The maximum atomic E-state index is 12.6. The van der Waals surface area contributed by atoms with Crippen molar-refractivity contribution in [1.29, 1.82) is 0 Å². The lowest BCUT2D eigenvalue weighted by Crippen LogP contribution is -2.16. The number of para-hydroxylation sites is 1. The summed E-state index contributed by atoms with van der Waals surface area (Å²) in [7, 11) is -3.90. The summed E-state index contributed by atoms with van der Waals surface area (Å²) in [5, 5.41) is 2.90. The Labute approximate surface area is 179 Å². The SMILES string of the molecule is O=C(CCC(=O)c1ccccc1)Nc1cccc(S(=O)(=O)Nc2ccccc2Cl)c1. The molecule has 0 aliphatic carbocycles. The van der Waals surface area contributed by atoms with Crippen LogP contribution in [-0.2, 0) is 14.8 Å². The number of sulfonamides is 1. The Morgan fingerprint density at radius 2 is 1.53 bits per heavy atom. The average molecular weight is 443 g/mol. The molecule has 3 aromatic rings. The van der Waals surface area contributed by atoms with Gasteiger partial charge in [0.25, 0.3) is 10.0 Å². The topological polar surface area (TPSA) is 92.3 Å². The van der Waals surface area contributed by atoms with Crippen molar-refractivity contribution >= 4 is 44.7 Å². The first-order valence-corrected chi connectivity index (χ1v) is 11.0. The van der Waals surface area contributed by atoms with Crippen molar-refractivity contribution < 1.29 is 18.0 Å². The molecule has 8 heteroatoms. The van der Waals surface area contributed by atoms with Crippen molar-refractivity contribution in [2.45, 2.75) is 17.7 Å². The number of hydrogen-bond acceptors (Lipinski definition) is 4. The smallest absolute Gasteiger partial charge is 0.262 e. The molecule has 3 rings (SSSR count). The van der Waals surface area contributed by atoms with Gasteiger partial charge >= 0.3 is 0 Å². The van der Waals surface area contributed by atoms with Crippen LogP contribution in [0.15, 0.2) is 83.8 Å². The van der Waals surface area contributed by atoms with E-state index in [-0.39, 0.29) is 40.1 Å². The fraction of sp³-hybridized carbons (Fsp3) is 0.0909. The van der Waals surface area contributed by atoms with Crippen molar-refractivity contribution in [2.24, 2.45) is 0 Å². The molecule has 0 atom stereocenters. The van der Waals surface area contributed by atoms with Crippen LogP contribution in [0, 0.1) is 0 Å². The van der Waals surface area contributed by atoms with Gasteiger partial charge in [-0.3, -0.25) is 14.3 Å². The Balaban J connectivity index is 1.64. The van der Waals surface area contributed by atoms with E-state index >= 15 is 0 Å². The Morgan fingerprint density at radius 1 is 0.833 bits per heavy atom. The monoisotopic (exact) mass is 442 g/mol. The minimum Gasteiger partial charge on any atom is -0.326 e. The van der Waals surface area contributed by atoms with E-state index < -0.39 is 10.0 Å². The first-order chi connectivity index (χ1) is 14.3. The van der Waals surface area contributed by atoms with Crippen LogP contribution in [0.25, 0.3) is 0 Å². The Morgan fingerprint density at radius 3 is 2.27 bits per heavy atom. The van der Waals surface area contributed by atoms with Gasteiger partial charge in [-0.25, -0.2) is 8.42 Å². The number of benzene rings is 3. The predicted octanol–water partition coefficient (Wildman–Crippen LogP) is 4.74. The van der Waals surface area contributed by atoms with E-state index in [2.05, 4.69) is 10.0 Å². The van der Waals surface area contributed by atoms with Gasteiger partial charge in [0, 0.05) is 24.1 Å². The Bertz CT molecular complexity index is 1160. The van der Waals surface area contributed by atoms with Gasteiger partial charge < -0.3 is 5.32 Å². The number of rotatable bonds is 8. The normalized spacial score (nSPS) is 11.0. The zero-order valence-electron chi connectivity index (χ0n) is 15.8. The largest absolute Gasteiger partial charge is 0.326 e. The highest BCUT2D eigenvalue weighted by molar-refractivity contribution is 7.92. The van der Waals surface area contributed by atoms with Crippen LogP contribution in [-0.4, -0.2) is 20.1 Å². The van der Waals surface area contributed by atoms with Crippen LogP contribution in [0.3, 0.4) is 0 Å². The molecule has 0 radical (unpaired) electrons. The standard InChI is InChI=1S/C22H19ClN2O4S/c23-19-11-4-5-12-20(19)25-30(28,29)18-10-6-9-17(15-18)24-22(27)14-13-21(26)16-7-2-1-3-8-16/h1-12,15,25H,13-14H2,(H,24,27). The first kappa shape index (κ1) is 21.5. The van der Waals surface area contributed by atoms with Gasteiger partial charge in [-0.1, -0.05) is 60.1 Å². The van der Waals surface area contributed by atoms with E-state index in [1.165, 1.54) is 18.2 Å². The molecule has 0 aliphatic heterocycles. The molecule has 0 spiro atoms. The second-order valence-electron chi connectivity index (χ2n) is 6.45. The summed E-state index contributed by atoms with van der Waals surface area (Å²) in [6.07, 6.45) is 0.0461. The third kappa shape index (κ3) is 5.68. The van der Waals surface area contributed by atoms with Crippen LogP contribution >= 0.6 is 11.6 Å². The molecule has 0 heterocycles. The van der Waals surface area contributed by atoms with Crippen molar-refractivity contribution in [3.63, 3.8) is 0 Å². The molecule has 3 aromatic carbocycles. The van der Waals surface area contributed by atoms with E-state index in [1.54, 1.807) is 54.6 Å². The molecule has 2 N–H and O–H groups in total. The van der Waals surface area contributed by atoms with E-state index in [4.69, 9.17) is 11.6 Å². The van der Waals surface area contributed by atoms with Gasteiger partial charge in [0.2, 0.25) is 5.91 Å². The number of ketones is 1. The molecular weight excluding hydrogens is 424 g/mol. The quantitative estimate of drug-likeness (QED) is 0.493. The molecule has 0 fully saturated rings. The maximum absolute atomic E-state index is 12.6. The highest BCUT2D eigenvalue weighted by atomic mass is 35.5. The highest BCUT2D eigenvalue weighted by Crippen LogP contribution is 2.25. The Hall–Kier alpha value is -3.16. The number of Topliss-reactive ketones (excluding diaryl/α,β-unsaturated/α-hetero) is 1. The summed E-state index contributed by atoms with van der Waals surface area (Å²) >= 11 is 6.01. The third-order valence-electron chi connectivity index (χ3n) is 4.22. The fourth-order valence-corrected chi connectivity index (χ4v) is 4.07. The Kier molecular flexibility index (Phi) is 6.87. The van der Waals surface area contributed by atoms with Crippen molar-refractivity contribution in [1.82, 2.24) is 0 Å². The van der Waals surface area contributed by atoms with Crippen LogP contribution in [0.1, 0.15) is 23.2 Å². The summed E-state index contributed by atoms with van der Waals surface area (Å²) < 4.78 is 27.7. The summed E-state index contributed by atoms with van der Waals surface area (Å²) in [5.41, 5.74) is 1.12. The van der Waals surface area contributed by atoms with Crippen molar-refractivity contribution in [2.75, 3.05) is 10.0 Å². The molecule has 30 heavy (non-hydrogen) atoms. The van der Waals surface area contributed by atoms with Crippen LogP contribution in [0.4, 0.5) is 11.4 Å². The second kappa shape index (κ2) is 9.56. The number of nitrogens with one attached hydrogen (secondary N) is 2. The lowest BCUT2D eigenvalue weighted by Gasteiger charge is -2.11. The number of carbonyl (C=O) groups is 2. The van der Waals surface area contributed by atoms with Crippen LogP contribution < -0.4 is 10.0 Å². The lowest BCUT2D eigenvalue weighted by molar-refractivity contribution is -0.116. The van der Waals surface area contributed by atoms with Crippen LogP contribution in [0.2, 0.25) is 5.02 Å². The van der Waals surface area contributed by atoms with Crippen LogP contribution in [0.5, 0.6) is 0 Å². The van der Waals surface area contributed by atoms with E-state index in [9.17, 15) is 18.0 Å². The minimum absolute atomic E-state index is 0.0113. The molecule has 0 bridgehead atoms. The van der Waals surface area contributed by atoms with E-state index in [0.717, 1.165) is 0 Å². The van der Waals surface area contributed by atoms with Gasteiger partial charge in [-0.05, 0) is 30.3 Å². The molecule has 154 valence electrons. The van der Waals surface area contributed by atoms with Crippen molar-refractivity contribution in [3.8, 4) is 0 Å². The molecule has 0 aromatic heterocycles. The summed E-state index contributed by atoms with van der Waals surface area (Å²) in [5.74, 6) is -0.515. The molecule has 0 unspecified atom stereocenters. The lowest BCUT2D eigenvalue weighted by atomic mass is 10.1. The molecular formula is C22H19ClN2O4S. The van der Waals surface area contributed by atoms with Gasteiger partial charge in [-0.2, -0.15) is 0 Å². The zero-order valence-corrected chi connectivity index (χ0v) is 17.4. The summed E-state index contributed by atoms with van der Waals surface area (Å²) in [6, 6.07) is 21.1. The second-order valence-corrected chi connectivity index (χ2v) is 8.54. The molecule has 0 saturated carbocycles. The van der Waals surface area contributed by atoms with E-state index in [1.807, 2.05) is 6.07 Å². The third-order valence-corrected chi connectivity index (χ3v) is 5.91. The number of anilines is 2. The number of amides is 1. The zero-order chi connectivity index (χ0) is 21.6. The summed E-state index contributed by atoms with van der Waals surface area (Å²) in [6.45, 7) is 0. The first-order valence-electron chi connectivity index (χ1n) is 9.11. The average Bonchev–Trinajstić information content (AvgIpc) is 2.74. The van der Waals surface area contributed by atoms with Crippen molar-refractivity contribution in [3.05, 3.63) is 89.4 Å². The molecule has 0 aliphatic rings. The minimum atomic E-state index is -3.90. The van der Waals surface area contributed by atoms with E-state index in [0.29, 0.717) is 11.3 Å². The highest BCUT2D eigenvalue weighted by Gasteiger charge is 2.17. The van der Waals surface area contributed by atoms with Gasteiger partial charge in [0.05, 0.1) is 15.6 Å². The molecule has 0 saturated heterocycles. The summed E-state index contributed by atoms with van der Waals surface area (Å²) in [4.78, 5) is 24.3. The van der Waals surface area contributed by atoms with Gasteiger partial charge in [-0.15, -0.1) is 0 Å². The maximum Gasteiger partial charge on any atom is 0.262 e. The predicted molar refractivity (Wildman–Crippen MR) is 117 cm³/mol. The molecule has 6 nitrogen and oxygen atoms in total.